The lowest BCUT2D eigenvalue weighted by atomic mass is 10.4. The minimum atomic E-state index is -0.421. The number of rotatable bonds is 4. The lowest BCUT2D eigenvalue weighted by Gasteiger charge is -2.06. The third kappa shape index (κ3) is 4.13. The second-order valence-electron chi connectivity index (χ2n) is 3.83. The van der Waals surface area contributed by atoms with Crippen molar-refractivity contribution in [2.24, 2.45) is 0 Å². The Kier molecular flexibility index (Phi) is 4.78. The average molecular weight is 293 g/mol. The number of aromatic nitrogens is 1. The van der Waals surface area contributed by atoms with Gasteiger partial charge in [-0.15, -0.1) is 11.8 Å². The van der Waals surface area contributed by atoms with Gasteiger partial charge in [0.25, 0.3) is 5.91 Å². The van der Waals surface area contributed by atoms with Gasteiger partial charge in [0, 0.05) is 11.1 Å². The number of H-pyrrole nitrogens is 1. The molecule has 0 saturated heterocycles. The summed E-state index contributed by atoms with van der Waals surface area (Å²) in [6.45, 7) is 0. The second kappa shape index (κ2) is 6.76. The molecule has 104 valence electrons. The highest BCUT2D eigenvalue weighted by Crippen LogP contribution is 2.17. The van der Waals surface area contributed by atoms with Crippen LogP contribution in [0.1, 0.15) is 10.5 Å². The molecule has 1 heterocycles. The Morgan fingerprint density at radius 1 is 1.15 bits per heavy atom. The van der Waals surface area contributed by atoms with Crippen molar-refractivity contribution in [2.45, 2.75) is 4.90 Å². The molecule has 1 aromatic heterocycles. The summed E-state index contributed by atoms with van der Waals surface area (Å²) < 4.78 is 12.7. The van der Waals surface area contributed by atoms with E-state index >= 15 is 0 Å². The molecule has 2 aromatic rings. The zero-order chi connectivity index (χ0) is 14.4. The van der Waals surface area contributed by atoms with Crippen molar-refractivity contribution < 1.29 is 14.0 Å². The molecule has 0 fully saturated rings. The van der Waals surface area contributed by atoms with Crippen LogP contribution >= 0.6 is 11.8 Å². The topological polar surface area (TPSA) is 74.0 Å². The Bertz CT molecular complexity index is 584. The molecule has 5 nitrogen and oxygen atoms in total. The first-order chi connectivity index (χ1) is 9.65. The first kappa shape index (κ1) is 14.1. The number of hydrogen-bond acceptors (Lipinski definition) is 3. The molecule has 0 spiro atoms. The van der Waals surface area contributed by atoms with Crippen molar-refractivity contribution in [3.63, 3.8) is 0 Å². The number of hydrazine groups is 1. The second-order valence-corrected chi connectivity index (χ2v) is 4.88. The number of carbonyl (C=O) groups excluding carboxylic acids is 2. The van der Waals surface area contributed by atoms with Crippen LogP contribution in [-0.2, 0) is 4.79 Å². The van der Waals surface area contributed by atoms with E-state index in [4.69, 9.17) is 0 Å². The molecule has 20 heavy (non-hydrogen) atoms. The van der Waals surface area contributed by atoms with Crippen molar-refractivity contribution in [1.29, 1.82) is 0 Å². The Labute approximate surface area is 118 Å². The number of thioether (sulfide) groups is 1. The van der Waals surface area contributed by atoms with Crippen LogP contribution in [0.15, 0.2) is 47.5 Å². The molecule has 0 aliphatic rings. The van der Waals surface area contributed by atoms with Crippen molar-refractivity contribution in [2.75, 3.05) is 5.75 Å². The highest BCUT2D eigenvalue weighted by molar-refractivity contribution is 8.00. The summed E-state index contributed by atoms with van der Waals surface area (Å²) in [5.41, 5.74) is 4.94. The predicted octanol–water partition coefficient (Wildman–Crippen LogP) is 1.71. The first-order valence-corrected chi connectivity index (χ1v) is 6.74. The van der Waals surface area contributed by atoms with Crippen LogP contribution in [0.5, 0.6) is 0 Å². The fraction of sp³-hybridized carbons (Fsp3) is 0.0769. The lowest BCUT2D eigenvalue weighted by Crippen LogP contribution is -2.42. The maximum Gasteiger partial charge on any atom is 0.286 e. The Morgan fingerprint density at radius 2 is 1.90 bits per heavy atom. The van der Waals surface area contributed by atoms with Gasteiger partial charge in [-0.25, -0.2) is 4.39 Å². The summed E-state index contributed by atoms with van der Waals surface area (Å²) in [6, 6.07) is 9.10. The van der Waals surface area contributed by atoms with Crippen LogP contribution in [0.25, 0.3) is 0 Å². The monoisotopic (exact) mass is 293 g/mol. The molecule has 7 heteroatoms. The maximum atomic E-state index is 12.7. The quantitative estimate of drug-likeness (QED) is 0.593. The first-order valence-electron chi connectivity index (χ1n) is 5.76. The van der Waals surface area contributed by atoms with Gasteiger partial charge in [-0.3, -0.25) is 20.4 Å². The van der Waals surface area contributed by atoms with E-state index < -0.39 is 5.91 Å². The Balaban J connectivity index is 1.73. The molecule has 0 radical (unpaired) electrons. The molecule has 0 saturated carbocycles. The van der Waals surface area contributed by atoms with Crippen LogP contribution in [0.4, 0.5) is 4.39 Å². The van der Waals surface area contributed by atoms with E-state index in [0.29, 0.717) is 5.69 Å². The zero-order valence-corrected chi connectivity index (χ0v) is 11.2. The van der Waals surface area contributed by atoms with Gasteiger partial charge in [-0.2, -0.15) is 0 Å². The van der Waals surface area contributed by atoms with Crippen molar-refractivity contribution in [1.82, 2.24) is 15.8 Å². The van der Waals surface area contributed by atoms with Gasteiger partial charge in [0.2, 0.25) is 5.91 Å². The van der Waals surface area contributed by atoms with Crippen LogP contribution < -0.4 is 10.9 Å². The molecule has 0 aliphatic carbocycles. The largest absolute Gasteiger partial charge is 0.357 e. The Morgan fingerprint density at radius 3 is 2.55 bits per heavy atom. The molecule has 0 unspecified atom stereocenters. The van der Waals surface area contributed by atoms with E-state index in [2.05, 4.69) is 15.8 Å². The van der Waals surface area contributed by atoms with E-state index in [1.54, 1.807) is 30.5 Å². The molecule has 2 amide bonds. The van der Waals surface area contributed by atoms with Crippen molar-refractivity contribution in [3.05, 3.63) is 54.1 Å². The van der Waals surface area contributed by atoms with Crippen LogP contribution in [-0.4, -0.2) is 22.6 Å². The third-order valence-corrected chi connectivity index (χ3v) is 3.35. The van der Waals surface area contributed by atoms with Crippen LogP contribution in [0.2, 0.25) is 0 Å². The molecule has 0 bridgehead atoms. The number of carbonyl (C=O) groups is 2. The highest BCUT2D eigenvalue weighted by Gasteiger charge is 2.07. The van der Waals surface area contributed by atoms with E-state index in [0.717, 1.165) is 4.90 Å². The average Bonchev–Trinajstić information content (AvgIpc) is 2.98. The fourth-order valence-electron chi connectivity index (χ4n) is 1.38. The molecule has 0 atom stereocenters. The standard InChI is InChI=1S/C13H12FN3O2S/c14-9-3-5-10(6-4-9)20-8-12(18)16-17-13(19)11-2-1-7-15-11/h1-7,15H,8H2,(H,16,18)(H,17,19). The molecule has 0 aliphatic heterocycles. The number of benzene rings is 1. The van der Waals surface area contributed by atoms with Gasteiger partial charge in [0.05, 0.1) is 5.75 Å². The SMILES string of the molecule is O=C(CSc1ccc(F)cc1)NNC(=O)c1ccc[nH]1. The normalized spacial score (nSPS) is 10.1. The summed E-state index contributed by atoms with van der Waals surface area (Å²) >= 11 is 1.25. The number of aromatic amines is 1. The predicted molar refractivity (Wildman–Crippen MR) is 73.5 cm³/mol. The minimum absolute atomic E-state index is 0.122. The van der Waals surface area contributed by atoms with Crippen molar-refractivity contribution in [3.8, 4) is 0 Å². The molecule has 3 N–H and O–H groups in total. The minimum Gasteiger partial charge on any atom is -0.357 e. The molecular weight excluding hydrogens is 281 g/mol. The zero-order valence-electron chi connectivity index (χ0n) is 10.4. The van der Waals surface area contributed by atoms with Gasteiger partial charge in [-0.05, 0) is 36.4 Å². The highest BCUT2D eigenvalue weighted by atomic mass is 32.2. The van der Waals surface area contributed by atoms with Crippen LogP contribution in [0, 0.1) is 5.82 Å². The number of amides is 2. The summed E-state index contributed by atoms with van der Waals surface area (Å²) in [7, 11) is 0. The van der Waals surface area contributed by atoms with E-state index in [-0.39, 0.29) is 17.5 Å². The number of nitrogens with one attached hydrogen (secondary N) is 3. The molecule has 1 aromatic carbocycles. The van der Waals surface area contributed by atoms with Gasteiger partial charge >= 0.3 is 0 Å². The maximum absolute atomic E-state index is 12.7. The molecule has 2 rings (SSSR count). The Hall–Kier alpha value is -2.28. The summed E-state index contributed by atoms with van der Waals surface area (Å²) in [5, 5.41) is 0. The summed E-state index contributed by atoms with van der Waals surface area (Å²) in [4.78, 5) is 26.5. The summed E-state index contributed by atoms with van der Waals surface area (Å²) in [5.74, 6) is -0.970. The van der Waals surface area contributed by atoms with Gasteiger partial charge in [-0.1, -0.05) is 0 Å². The number of hydrogen-bond donors (Lipinski definition) is 3. The lowest BCUT2D eigenvalue weighted by molar-refractivity contribution is -0.119. The van der Waals surface area contributed by atoms with E-state index in [9.17, 15) is 14.0 Å². The van der Waals surface area contributed by atoms with E-state index in [1.807, 2.05) is 0 Å². The van der Waals surface area contributed by atoms with Gasteiger partial charge < -0.3 is 4.98 Å². The van der Waals surface area contributed by atoms with Gasteiger partial charge in [0.15, 0.2) is 0 Å². The number of halogens is 1. The molecular formula is C13H12FN3O2S. The third-order valence-electron chi connectivity index (χ3n) is 2.34. The van der Waals surface area contributed by atoms with E-state index in [1.165, 1.54) is 23.9 Å². The fourth-order valence-corrected chi connectivity index (χ4v) is 2.08. The summed E-state index contributed by atoms with van der Waals surface area (Å²) in [6.07, 6.45) is 1.61. The van der Waals surface area contributed by atoms with Gasteiger partial charge in [0.1, 0.15) is 11.5 Å². The van der Waals surface area contributed by atoms with Crippen molar-refractivity contribution >= 4 is 23.6 Å². The smallest absolute Gasteiger partial charge is 0.286 e. The van der Waals surface area contributed by atoms with Crippen LogP contribution in [0.3, 0.4) is 0 Å².